The molecule has 2 N–H and O–H groups in total. The average Bonchev–Trinajstić information content (AvgIpc) is 2.34. The van der Waals surface area contributed by atoms with Gasteiger partial charge in [-0.2, -0.15) is 0 Å². The molecule has 0 fully saturated rings. The van der Waals surface area contributed by atoms with Gasteiger partial charge in [0, 0.05) is 24.9 Å². The monoisotopic (exact) mass is 325 g/mol. The summed E-state index contributed by atoms with van der Waals surface area (Å²) in [4.78, 5) is 21.3. The van der Waals surface area contributed by atoms with Gasteiger partial charge in [0.1, 0.15) is 0 Å². The lowest BCUT2D eigenvalue weighted by molar-refractivity contribution is -0.138. The Labute approximate surface area is 115 Å². The van der Waals surface area contributed by atoms with Crippen molar-refractivity contribution >= 4 is 27.8 Å². The van der Waals surface area contributed by atoms with Gasteiger partial charge >= 0.3 is 5.97 Å². The molecule has 0 bridgehead atoms. The Morgan fingerprint density at radius 1 is 1.06 bits per heavy atom. The van der Waals surface area contributed by atoms with Crippen LogP contribution in [0.2, 0.25) is 0 Å². The first kappa shape index (κ1) is 17.3. The number of hydrogen-bond donors (Lipinski definition) is 2. The van der Waals surface area contributed by atoms with Crippen LogP contribution in [-0.4, -0.2) is 55.3 Å². The maximum atomic E-state index is 11.1. The lowest BCUT2D eigenvalue weighted by atomic mass is 10.3. The Hall–Kier alpha value is -0.660. The molecule has 0 aliphatic heterocycles. The van der Waals surface area contributed by atoms with Crippen LogP contribution in [0.4, 0.5) is 0 Å². The largest absolute Gasteiger partial charge is 0.481 e. The highest BCUT2D eigenvalue weighted by molar-refractivity contribution is 9.09. The summed E-state index contributed by atoms with van der Waals surface area (Å²) < 4.78 is 10.5. The molecular formula is C11H20BrNO5. The molecule has 0 aromatic heterocycles. The highest BCUT2D eigenvalue weighted by atomic mass is 79.9. The lowest BCUT2D eigenvalue weighted by Gasteiger charge is -2.06. The van der Waals surface area contributed by atoms with Crippen molar-refractivity contribution in [3.63, 3.8) is 0 Å². The van der Waals surface area contributed by atoms with E-state index in [9.17, 15) is 9.59 Å². The van der Waals surface area contributed by atoms with Gasteiger partial charge < -0.3 is 19.9 Å². The molecule has 106 valence electrons. The SMILES string of the molecule is O=C(O)CCC(=O)NCCCOCCOCCBr. The van der Waals surface area contributed by atoms with Crippen LogP contribution in [0.1, 0.15) is 19.3 Å². The minimum Gasteiger partial charge on any atom is -0.481 e. The molecule has 0 saturated heterocycles. The van der Waals surface area contributed by atoms with E-state index in [-0.39, 0.29) is 18.7 Å². The normalized spacial score (nSPS) is 10.3. The zero-order valence-corrected chi connectivity index (χ0v) is 11.9. The van der Waals surface area contributed by atoms with Gasteiger partial charge in [-0.05, 0) is 6.42 Å². The third kappa shape index (κ3) is 13.4. The van der Waals surface area contributed by atoms with Crippen LogP contribution in [0.3, 0.4) is 0 Å². The fourth-order valence-corrected chi connectivity index (χ4v) is 1.32. The van der Waals surface area contributed by atoms with Crippen LogP contribution in [0.5, 0.6) is 0 Å². The van der Waals surface area contributed by atoms with Gasteiger partial charge in [-0.25, -0.2) is 0 Å². The van der Waals surface area contributed by atoms with Crippen molar-refractivity contribution in [2.45, 2.75) is 19.3 Å². The molecule has 18 heavy (non-hydrogen) atoms. The number of amides is 1. The number of ether oxygens (including phenoxy) is 2. The Morgan fingerprint density at radius 2 is 1.72 bits per heavy atom. The number of rotatable bonds is 12. The second-order valence-corrected chi connectivity index (χ2v) is 4.30. The van der Waals surface area contributed by atoms with E-state index in [0.29, 0.717) is 39.4 Å². The van der Waals surface area contributed by atoms with Crippen molar-refractivity contribution in [3.8, 4) is 0 Å². The van der Waals surface area contributed by atoms with E-state index in [0.717, 1.165) is 5.33 Å². The zero-order chi connectivity index (χ0) is 13.6. The Kier molecular flexibility index (Phi) is 12.3. The molecule has 0 rings (SSSR count). The number of carboxylic acids is 1. The standard InChI is InChI=1S/C11H20BrNO5/c12-4-7-18-9-8-17-6-1-5-13-10(14)2-3-11(15)16/h1-9H2,(H,13,14)(H,15,16). The number of nitrogens with one attached hydrogen (secondary N) is 1. The van der Waals surface area contributed by atoms with Crippen molar-refractivity contribution in [2.24, 2.45) is 0 Å². The third-order valence-corrected chi connectivity index (χ3v) is 2.27. The third-order valence-electron chi connectivity index (χ3n) is 1.95. The summed E-state index contributed by atoms with van der Waals surface area (Å²) in [6, 6.07) is 0. The lowest BCUT2D eigenvalue weighted by Crippen LogP contribution is -2.25. The molecule has 1 amide bonds. The molecule has 0 aliphatic rings. The molecule has 0 aromatic rings. The number of carbonyl (C=O) groups is 2. The van der Waals surface area contributed by atoms with Crippen molar-refractivity contribution in [1.82, 2.24) is 5.32 Å². The van der Waals surface area contributed by atoms with Gasteiger partial charge in [0.25, 0.3) is 0 Å². The van der Waals surface area contributed by atoms with Crippen LogP contribution in [-0.2, 0) is 19.1 Å². The molecule has 0 atom stereocenters. The van der Waals surface area contributed by atoms with E-state index in [1.54, 1.807) is 0 Å². The van der Waals surface area contributed by atoms with Gasteiger partial charge in [-0.1, -0.05) is 15.9 Å². The second-order valence-electron chi connectivity index (χ2n) is 3.51. The van der Waals surface area contributed by atoms with Crippen LogP contribution in [0.15, 0.2) is 0 Å². The van der Waals surface area contributed by atoms with Crippen molar-refractivity contribution < 1.29 is 24.2 Å². The molecule has 6 nitrogen and oxygen atoms in total. The summed E-state index contributed by atoms with van der Waals surface area (Å²) in [6.07, 6.45) is 0.598. The quantitative estimate of drug-likeness (QED) is 0.409. The Bertz CT molecular complexity index is 237. The second kappa shape index (κ2) is 12.8. The molecule has 0 unspecified atom stereocenters. The smallest absolute Gasteiger partial charge is 0.303 e. The van der Waals surface area contributed by atoms with Gasteiger partial charge in [-0.3, -0.25) is 9.59 Å². The number of carboxylic acid groups (broad SMARTS) is 1. The molecule has 0 aromatic carbocycles. The number of alkyl halides is 1. The zero-order valence-electron chi connectivity index (χ0n) is 10.3. The van der Waals surface area contributed by atoms with Crippen LogP contribution in [0, 0.1) is 0 Å². The van der Waals surface area contributed by atoms with E-state index in [1.165, 1.54) is 0 Å². The minimum absolute atomic E-state index is 0.0244. The van der Waals surface area contributed by atoms with Crippen LogP contribution >= 0.6 is 15.9 Å². The topological polar surface area (TPSA) is 84.9 Å². The highest BCUT2D eigenvalue weighted by Crippen LogP contribution is 1.89. The predicted molar refractivity (Wildman–Crippen MR) is 69.9 cm³/mol. The number of hydrogen-bond acceptors (Lipinski definition) is 4. The number of aliphatic carboxylic acids is 1. The van der Waals surface area contributed by atoms with E-state index in [4.69, 9.17) is 14.6 Å². The molecular weight excluding hydrogens is 306 g/mol. The number of halogens is 1. The molecule has 7 heteroatoms. The minimum atomic E-state index is -0.961. The average molecular weight is 326 g/mol. The van der Waals surface area contributed by atoms with Crippen LogP contribution < -0.4 is 5.32 Å². The maximum Gasteiger partial charge on any atom is 0.303 e. The van der Waals surface area contributed by atoms with Gasteiger partial charge in [0.2, 0.25) is 5.91 Å². The summed E-state index contributed by atoms with van der Waals surface area (Å²) in [6.45, 7) is 2.83. The summed E-state index contributed by atoms with van der Waals surface area (Å²) >= 11 is 3.25. The van der Waals surface area contributed by atoms with Crippen molar-refractivity contribution in [3.05, 3.63) is 0 Å². The molecule has 0 heterocycles. The molecule has 0 aliphatic carbocycles. The van der Waals surface area contributed by atoms with Gasteiger partial charge in [0.15, 0.2) is 0 Å². The summed E-state index contributed by atoms with van der Waals surface area (Å²) in [5, 5.41) is 11.8. The van der Waals surface area contributed by atoms with Gasteiger partial charge in [-0.15, -0.1) is 0 Å². The van der Waals surface area contributed by atoms with E-state index >= 15 is 0 Å². The highest BCUT2D eigenvalue weighted by Gasteiger charge is 2.03. The van der Waals surface area contributed by atoms with Gasteiger partial charge in [0.05, 0.1) is 26.2 Å². The maximum absolute atomic E-state index is 11.1. The van der Waals surface area contributed by atoms with Crippen LogP contribution in [0.25, 0.3) is 0 Å². The first-order valence-electron chi connectivity index (χ1n) is 5.86. The van der Waals surface area contributed by atoms with E-state index in [2.05, 4.69) is 21.2 Å². The Morgan fingerprint density at radius 3 is 2.33 bits per heavy atom. The molecule has 0 saturated carbocycles. The van der Waals surface area contributed by atoms with Crippen molar-refractivity contribution in [1.29, 1.82) is 0 Å². The molecule has 0 radical (unpaired) electrons. The first-order valence-corrected chi connectivity index (χ1v) is 6.99. The van der Waals surface area contributed by atoms with E-state index in [1.807, 2.05) is 0 Å². The summed E-state index contributed by atoms with van der Waals surface area (Å²) in [5.41, 5.74) is 0. The fraction of sp³-hybridized carbons (Fsp3) is 0.818. The van der Waals surface area contributed by atoms with Crippen molar-refractivity contribution in [2.75, 3.05) is 38.3 Å². The fourth-order valence-electron chi connectivity index (χ4n) is 1.09. The molecule has 0 spiro atoms. The predicted octanol–water partition coefficient (Wildman–Crippen LogP) is 0.786. The van der Waals surface area contributed by atoms with E-state index < -0.39 is 5.97 Å². The first-order chi connectivity index (χ1) is 8.66. The number of carbonyl (C=O) groups excluding carboxylic acids is 1. The summed E-state index contributed by atoms with van der Waals surface area (Å²) in [7, 11) is 0. The summed E-state index contributed by atoms with van der Waals surface area (Å²) in [5.74, 6) is -1.20. The Balaban J connectivity index is 3.15.